The topological polar surface area (TPSA) is 29.1 Å². The van der Waals surface area contributed by atoms with Gasteiger partial charge in [0.05, 0.1) is 11.4 Å². The molecule has 1 aromatic carbocycles. The Morgan fingerprint density at radius 3 is 2.29 bits per heavy atom. The molecule has 2 rings (SSSR count). The van der Waals surface area contributed by atoms with Crippen molar-refractivity contribution in [3.8, 4) is 0 Å². The monoisotopic (exact) mass is 319 g/mol. The molecule has 0 aromatic heterocycles. The van der Waals surface area contributed by atoms with E-state index in [1.807, 2.05) is 17.4 Å². The number of amides is 1. The zero-order valence-corrected chi connectivity index (χ0v) is 12.3. The summed E-state index contributed by atoms with van der Waals surface area (Å²) >= 11 is 6.30. The van der Waals surface area contributed by atoms with Crippen LogP contribution in [0.1, 0.15) is 48.7 Å². The first-order valence-corrected chi connectivity index (χ1v) is 7.32. The summed E-state index contributed by atoms with van der Waals surface area (Å²) in [6, 6.07) is 6.33. The second-order valence-electron chi connectivity index (χ2n) is 5.51. The number of rotatable bonds is 5. The minimum atomic E-state index is -4.86. The molecule has 0 radical (unpaired) electrons. The molecule has 2 nitrogen and oxygen atoms in total. The molecule has 0 aliphatic heterocycles. The summed E-state index contributed by atoms with van der Waals surface area (Å²) in [5, 5.41) is 1.87. The van der Waals surface area contributed by atoms with E-state index in [1.165, 1.54) is 19.8 Å². The van der Waals surface area contributed by atoms with Crippen LogP contribution in [-0.2, 0) is 4.79 Å². The standard InChI is InChI=1S/C15H17ClF3NO/c1-9(20-14(21)15(17,18)19)11-4-6-12(7-5-11)13(16)8-10-2-3-10/h4-7,9-10,13H,2-3,8H2,1H3,(H,20,21)/t9-,13+/m0/s1. The van der Waals surface area contributed by atoms with Gasteiger partial charge in [0.25, 0.3) is 0 Å². The van der Waals surface area contributed by atoms with Crippen molar-refractivity contribution in [1.29, 1.82) is 0 Å². The van der Waals surface area contributed by atoms with Crippen LogP contribution in [-0.4, -0.2) is 12.1 Å². The maximum absolute atomic E-state index is 12.2. The SMILES string of the molecule is C[C@H](NC(=O)C(F)(F)F)c1ccc([C@H](Cl)CC2CC2)cc1. The Kier molecular flexibility index (Phi) is 4.81. The normalized spacial score (nSPS) is 18.1. The van der Waals surface area contributed by atoms with Crippen LogP contribution in [0.3, 0.4) is 0 Å². The highest BCUT2D eigenvalue weighted by molar-refractivity contribution is 6.20. The van der Waals surface area contributed by atoms with Gasteiger partial charge in [-0.2, -0.15) is 13.2 Å². The third-order valence-corrected chi connectivity index (χ3v) is 4.07. The number of alkyl halides is 4. The highest BCUT2D eigenvalue weighted by Gasteiger charge is 2.39. The Balaban J connectivity index is 1.95. The fourth-order valence-electron chi connectivity index (χ4n) is 2.14. The van der Waals surface area contributed by atoms with Crippen LogP contribution in [0.5, 0.6) is 0 Å². The van der Waals surface area contributed by atoms with E-state index < -0.39 is 18.1 Å². The Labute approximate surface area is 126 Å². The maximum Gasteiger partial charge on any atom is 0.471 e. The second-order valence-corrected chi connectivity index (χ2v) is 6.03. The summed E-state index contributed by atoms with van der Waals surface area (Å²) in [6.07, 6.45) is -1.48. The summed E-state index contributed by atoms with van der Waals surface area (Å²) in [6.45, 7) is 1.51. The molecule has 1 fully saturated rings. The van der Waals surface area contributed by atoms with Crippen LogP contribution in [0.25, 0.3) is 0 Å². The Hall–Kier alpha value is -1.23. The molecule has 1 amide bonds. The summed E-state index contributed by atoms with van der Waals surface area (Å²) in [4.78, 5) is 10.9. The van der Waals surface area contributed by atoms with E-state index in [1.54, 1.807) is 12.1 Å². The van der Waals surface area contributed by atoms with Crippen molar-refractivity contribution in [1.82, 2.24) is 5.32 Å². The molecule has 1 aliphatic rings. The van der Waals surface area contributed by atoms with Crippen LogP contribution < -0.4 is 5.32 Å². The fraction of sp³-hybridized carbons (Fsp3) is 0.533. The van der Waals surface area contributed by atoms with Gasteiger partial charge in [-0.25, -0.2) is 0 Å². The lowest BCUT2D eigenvalue weighted by molar-refractivity contribution is -0.174. The number of nitrogens with one attached hydrogen (secondary N) is 1. The minimum absolute atomic E-state index is 0.0633. The molecule has 0 unspecified atom stereocenters. The van der Waals surface area contributed by atoms with E-state index in [9.17, 15) is 18.0 Å². The largest absolute Gasteiger partial charge is 0.471 e. The van der Waals surface area contributed by atoms with E-state index in [2.05, 4.69) is 0 Å². The molecular formula is C15H17ClF3NO. The van der Waals surface area contributed by atoms with Gasteiger partial charge in [0.1, 0.15) is 0 Å². The molecule has 0 bridgehead atoms. The van der Waals surface area contributed by atoms with E-state index in [4.69, 9.17) is 11.6 Å². The first-order chi connectivity index (χ1) is 9.77. The van der Waals surface area contributed by atoms with E-state index in [0.717, 1.165) is 12.0 Å². The van der Waals surface area contributed by atoms with Crippen molar-refractivity contribution in [3.63, 3.8) is 0 Å². The quantitative estimate of drug-likeness (QED) is 0.795. The molecule has 1 saturated carbocycles. The van der Waals surface area contributed by atoms with Crippen LogP contribution in [0.4, 0.5) is 13.2 Å². The highest BCUT2D eigenvalue weighted by Crippen LogP contribution is 2.40. The number of carbonyl (C=O) groups excluding carboxylic acids is 1. The predicted octanol–water partition coefficient (Wildman–Crippen LogP) is 4.51. The van der Waals surface area contributed by atoms with Gasteiger partial charge in [-0.3, -0.25) is 4.79 Å². The summed E-state index contributed by atoms with van der Waals surface area (Å²) in [7, 11) is 0. The zero-order valence-electron chi connectivity index (χ0n) is 11.6. The lowest BCUT2D eigenvalue weighted by Crippen LogP contribution is -2.38. The molecule has 1 N–H and O–H groups in total. The number of halogens is 4. The maximum atomic E-state index is 12.2. The average Bonchev–Trinajstić information content (AvgIpc) is 3.21. The third kappa shape index (κ3) is 4.63. The Morgan fingerprint density at radius 2 is 1.81 bits per heavy atom. The fourth-order valence-corrected chi connectivity index (χ4v) is 2.54. The highest BCUT2D eigenvalue weighted by atomic mass is 35.5. The molecule has 21 heavy (non-hydrogen) atoms. The molecule has 1 aliphatic carbocycles. The Morgan fingerprint density at radius 1 is 1.29 bits per heavy atom. The van der Waals surface area contributed by atoms with Gasteiger partial charge in [0, 0.05) is 0 Å². The van der Waals surface area contributed by atoms with Gasteiger partial charge < -0.3 is 5.32 Å². The molecule has 0 saturated heterocycles. The molecule has 0 spiro atoms. The number of hydrogen-bond donors (Lipinski definition) is 1. The summed E-state index contributed by atoms with van der Waals surface area (Å²) in [5.41, 5.74) is 1.58. The van der Waals surface area contributed by atoms with E-state index in [0.29, 0.717) is 11.5 Å². The van der Waals surface area contributed by atoms with Crippen LogP contribution >= 0.6 is 11.6 Å². The first kappa shape index (κ1) is 16.1. The van der Waals surface area contributed by atoms with Crippen molar-refractivity contribution >= 4 is 17.5 Å². The van der Waals surface area contributed by atoms with E-state index >= 15 is 0 Å². The predicted molar refractivity (Wildman–Crippen MR) is 75.0 cm³/mol. The Bertz CT molecular complexity index is 497. The summed E-state index contributed by atoms with van der Waals surface area (Å²) < 4.78 is 36.6. The van der Waals surface area contributed by atoms with E-state index in [-0.39, 0.29) is 5.38 Å². The van der Waals surface area contributed by atoms with Crippen molar-refractivity contribution in [2.75, 3.05) is 0 Å². The molecule has 116 valence electrons. The number of carbonyl (C=O) groups is 1. The second kappa shape index (κ2) is 6.26. The number of hydrogen-bond acceptors (Lipinski definition) is 1. The molecule has 6 heteroatoms. The lowest BCUT2D eigenvalue weighted by Gasteiger charge is -2.17. The van der Waals surface area contributed by atoms with Crippen molar-refractivity contribution < 1.29 is 18.0 Å². The first-order valence-electron chi connectivity index (χ1n) is 6.89. The smallest absolute Gasteiger partial charge is 0.342 e. The third-order valence-electron chi connectivity index (χ3n) is 3.64. The lowest BCUT2D eigenvalue weighted by atomic mass is 10.0. The van der Waals surface area contributed by atoms with Gasteiger partial charge >= 0.3 is 12.1 Å². The van der Waals surface area contributed by atoms with Crippen LogP contribution in [0.2, 0.25) is 0 Å². The average molecular weight is 320 g/mol. The van der Waals surface area contributed by atoms with Gasteiger partial charge in [0.2, 0.25) is 0 Å². The van der Waals surface area contributed by atoms with Crippen molar-refractivity contribution in [2.24, 2.45) is 5.92 Å². The van der Waals surface area contributed by atoms with Crippen molar-refractivity contribution in [2.45, 2.75) is 43.8 Å². The molecular weight excluding hydrogens is 303 g/mol. The molecule has 2 atom stereocenters. The zero-order chi connectivity index (χ0) is 15.6. The van der Waals surface area contributed by atoms with Gasteiger partial charge in [-0.05, 0) is 30.4 Å². The molecule has 0 heterocycles. The van der Waals surface area contributed by atoms with Crippen molar-refractivity contribution in [3.05, 3.63) is 35.4 Å². The van der Waals surface area contributed by atoms with Gasteiger partial charge in [0.15, 0.2) is 0 Å². The van der Waals surface area contributed by atoms with Gasteiger partial charge in [-0.1, -0.05) is 37.1 Å². The van der Waals surface area contributed by atoms with Crippen LogP contribution in [0, 0.1) is 5.92 Å². The summed E-state index contributed by atoms with van der Waals surface area (Å²) in [5.74, 6) is -1.22. The minimum Gasteiger partial charge on any atom is -0.342 e. The number of benzene rings is 1. The van der Waals surface area contributed by atoms with Crippen LogP contribution in [0.15, 0.2) is 24.3 Å². The molecule has 1 aromatic rings. The van der Waals surface area contributed by atoms with Gasteiger partial charge in [-0.15, -0.1) is 11.6 Å².